The Morgan fingerprint density at radius 3 is 2.80 bits per heavy atom. The van der Waals surface area contributed by atoms with Gasteiger partial charge in [0.1, 0.15) is 0 Å². The Hall–Kier alpha value is -0.630. The number of carbonyl (C=O) groups is 1. The molecule has 20 heavy (non-hydrogen) atoms. The molecule has 4 rings (SSSR count). The fourth-order valence-corrected chi connectivity index (χ4v) is 6.15. The van der Waals surface area contributed by atoms with Crippen LogP contribution in [0.4, 0.5) is 0 Å². The van der Waals surface area contributed by atoms with Crippen LogP contribution in [0.1, 0.15) is 58.3 Å². The number of allylic oxidation sites excluding steroid dienone is 1. The fraction of sp³-hybridized carbons (Fsp3) is 0.833. The first-order chi connectivity index (χ1) is 9.59. The first-order valence-corrected chi connectivity index (χ1v) is 8.51. The maximum atomic E-state index is 11.6. The number of hydrogen-bond acceptors (Lipinski definition) is 2. The number of fused-ring (bicyclic) bond motifs is 5. The van der Waals surface area contributed by atoms with Gasteiger partial charge in [0, 0.05) is 6.42 Å². The zero-order valence-corrected chi connectivity index (χ0v) is 12.5. The van der Waals surface area contributed by atoms with Crippen molar-refractivity contribution in [2.75, 3.05) is 0 Å². The summed E-state index contributed by atoms with van der Waals surface area (Å²) in [6.45, 7) is 2.33. The van der Waals surface area contributed by atoms with Crippen molar-refractivity contribution >= 4 is 5.78 Å². The van der Waals surface area contributed by atoms with Crippen molar-refractivity contribution in [3.8, 4) is 0 Å². The van der Waals surface area contributed by atoms with E-state index >= 15 is 0 Å². The molecule has 4 aliphatic rings. The second-order valence-corrected chi connectivity index (χ2v) is 7.94. The van der Waals surface area contributed by atoms with E-state index in [0.717, 1.165) is 43.4 Å². The number of aliphatic hydroxyl groups is 1. The molecule has 110 valence electrons. The molecule has 2 nitrogen and oxygen atoms in total. The molecule has 2 heteroatoms. The number of hydrogen-bond donors (Lipinski definition) is 1. The lowest BCUT2D eigenvalue weighted by molar-refractivity contribution is -0.116. The Morgan fingerprint density at radius 1 is 1.10 bits per heavy atom. The molecule has 0 heterocycles. The lowest BCUT2D eigenvalue weighted by Gasteiger charge is -2.53. The van der Waals surface area contributed by atoms with Crippen LogP contribution >= 0.6 is 0 Å². The molecule has 0 bridgehead atoms. The van der Waals surface area contributed by atoms with Crippen LogP contribution in [-0.4, -0.2) is 17.0 Å². The zero-order valence-electron chi connectivity index (χ0n) is 12.5. The first-order valence-electron chi connectivity index (χ1n) is 8.51. The summed E-state index contributed by atoms with van der Waals surface area (Å²) >= 11 is 0. The monoisotopic (exact) mass is 274 g/mol. The average Bonchev–Trinajstić information content (AvgIpc) is 2.74. The van der Waals surface area contributed by atoms with Crippen molar-refractivity contribution in [2.24, 2.45) is 29.1 Å². The summed E-state index contributed by atoms with van der Waals surface area (Å²) < 4.78 is 0. The van der Waals surface area contributed by atoms with E-state index in [9.17, 15) is 9.90 Å². The van der Waals surface area contributed by atoms with Gasteiger partial charge in [0.2, 0.25) is 0 Å². The number of rotatable bonds is 0. The minimum absolute atomic E-state index is 0.0710. The number of carbonyl (C=O) groups excluding carboxylic acids is 1. The van der Waals surface area contributed by atoms with Crippen molar-refractivity contribution in [2.45, 2.75) is 64.4 Å². The van der Waals surface area contributed by atoms with Crippen LogP contribution in [0, 0.1) is 29.1 Å². The minimum atomic E-state index is -0.0710. The summed E-state index contributed by atoms with van der Waals surface area (Å²) in [4.78, 5) is 11.6. The molecule has 6 atom stereocenters. The van der Waals surface area contributed by atoms with Gasteiger partial charge in [-0.2, -0.15) is 0 Å². The van der Waals surface area contributed by atoms with Crippen LogP contribution in [0.15, 0.2) is 11.6 Å². The van der Waals surface area contributed by atoms with E-state index in [1.54, 1.807) is 0 Å². The Bertz CT molecular complexity index is 466. The van der Waals surface area contributed by atoms with Gasteiger partial charge in [0.05, 0.1) is 6.10 Å². The molecule has 3 saturated carbocycles. The minimum Gasteiger partial charge on any atom is -0.393 e. The Labute approximate surface area is 121 Å². The molecule has 0 spiro atoms. The predicted molar refractivity (Wildman–Crippen MR) is 78.1 cm³/mol. The molecule has 0 radical (unpaired) electrons. The van der Waals surface area contributed by atoms with Gasteiger partial charge in [0.25, 0.3) is 0 Å². The van der Waals surface area contributed by atoms with Crippen LogP contribution < -0.4 is 0 Å². The van der Waals surface area contributed by atoms with Crippen molar-refractivity contribution in [3.05, 3.63) is 11.6 Å². The van der Waals surface area contributed by atoms with Gasteiger partial charge in [-0.3, -0.25) is 4.79 Å². The maximum absolute atomic E-state index is 11.6. The third kappa shape index (κ3) is 1.70. The molecule has 0 amide bonds. The molecule has 3 unspecified atom stereocenters. The molecule has 4 aliphatic carbocycles. The van der Waals surface area contributed by atoms with E-state index in [4.69, 9.17) is 0 Å². The highest BCUT2D eigenvalue weighted by atomic mass is 16.3. The zero-order chi connectivity index (χ0) is 13.9. The van der Waals surface area contributed by atoms with Gasteiger partial charge < -0.3 is 5.11 Å². The molecule has 0 aromatic rings. The van der Waals surface area contributed by atoms with Crippen molar-refractivity contribution < 1.29 is 9.90 Å². The average molecular weight is 274 g/mol. The lowest BCUT2D eigenvalue weighted by Crippen LogP contribution is -2.47. The number of aliphatic hydroxyl groups excluding tert-OH is 1. The normalized spacial score (nSPS) is 51.0. The standard InChI is InChI=1S/C18H26O2/c1-18-9-8-14-13-5-3-12(19)10-11(13)2-4-15(14)16(18)6-7-17(18)20/h10,13-17,20H,2-9H2,1H3/t13-,14?,15?,16?,17-,18-/m0/s1. The summed E-state index contributed by atoms with van der Waals surface area (Å²) in [5.74, 6) is 3.38. The SMILES string of the molecule is C[C@]12CCC3C(CCC4=CC(=O)CC[C@@H]43)C1CC[C@@H]2O. The molecule has 0 saturated heterocycles. The molecular weight excluding hydrogens is 248 g/mol. The van der Waals surface area contributed by atoms with E-state index in [1.807, 2.05) is 6.08 Å². The fourth-order valence-electron chi connectivity index (χ4n) is 6.15. The van der Waals surface area contributed by atoms with Crippen LogP contribution in [0.2, 0.25) is 0 Å². The van der Waals surface area contributed by atoms with E-state index in [1.165, 1.54) is 31.3 Å². The van der Waals surface area contributed by atoms with E-state index in [-0.39, 0.29) is 11.5 Å². The van der Waals surface area contributed by atoms with Gasteiger partial charge in [-0.1, -0.05) is 12.5 Å². The highest BCUT2D eigenvalue weighted by Crippen LogP contribution is 2.61. The van der Waals surface area contributed by atoms with Crippen LogP contribution in [0.3, 0.4) is 0 Å². The van der Waals surface area contributed by atoms with Gasteiger partial charge >= 0.3 is 0 Å². The molecule has 0 aliphatic heterocycles. The topological polar surface area (TPSA) is 37.3 Å². The molecule has 0 aromatic heterocycles. The second-order valence-electron chi connectivity index (χ2n) is 7.94. The molecule has 1 N–H and O–H groups in total. The maximum Gasteiger partial charge on any atom is 0.155 e. The third-order valence-corrected chi connectivity index (χ3v) is 7.25. The summed E-state index contributed by atoms with van der Waals surface area (Å²) in [5.41, 5.74) is 1.65. The Balaban J connectivity index is 1.63. The highest BCUT2D eigenvalue weighted by Gasteiger charge is 2.55. The predicted octanol–water partition coefficient (Wildman–Crippen LogP) is 3.49. The summed E-state index contributed by atoms with van der Waals surface area (Å²) in [5, 5.41) is 10.4. The molecule has 0 aromatic carbocycles. The van der Waals surface area contributed by atoms with Gasteiger partial charge in [-0.05, 0) is 80.1 Å². The van der Waals surface area contributed by atoms with Crippen LogP contribution in [0.5, 0.6) is 0 Å². The van der Waals surface area contributed by atoms with E-state index in [0.29, 0.717) is 11.7 Å². The summed E-state index contributed by atoms with van der Waals surface area (Å²) in [6.07, 6.45) is 10.9. The largest absolute Gasteiger partial charge is 0.393 e. The van der Waals surface area contributed by atoms with Crippen molar-refractivity contribution in [1.29, 1.82) is 0 Å². The van der Waals surface area contributed by atoms with E-state index in [2.05, 4.69) is 6.92 Å². The van der Waals surface area contributed by atoms with Crippen molar-refractivity contribution in [3.63, 3.8) is 0 Å². The van der Waals surface area contributed by atoms with Gasteiger partial charge in [-0.15, -0.1) is 0 Å². The quantitative estimate of drug-likeness (QED) is 0.734. The molecule has 3 fully saturated rings. The Morgan fingerprint density at radius 2 is 1.95 bits per heavy atom. The highest BCUT2D eigenvalue weighted by molar-refractivity contribution is 5.91. The van der Waals surface area contributed by atoms with Crippen LogP contribution in [-0.2, 0) is 4.79 Å². The molecular formula is C18H26O2. The lowest BCUT2D eigenvalue weighted by atomic mass is 9.52. The van der Waals surface area contributed by atoms with E-state index < -0.39 is 0 Å². The summed E-state index contributed by atoms with van der Waals surface area (Å²) in [6, 6.07) is 0. The van der Waals surface area contributed by atoms with Crippen LogP contribution in [0.25, 0.3) is 0 Å². The van der Waals surface area contributed by atoms with Gasteiger partial charge in [-0.25, -0.2) is 0 Å². The Kier molecular flexibility index (Phi) is 2.89. The third-order valence-electron chi connectivity index (χ3n) is 7.25. The van der Waals surface area contributed by atoms with Gasteiger partial charge in [0.15, 0.2) is 5.78 Å². The van der Waals surface area contributed by atoms with Crippen molar-refractivity contribution in [1.82, 2.24) is 0 Å². The smallest absolute Gasteiger partial charge is 0.155 e. The second kappa shape index (κ2) is 4.43. The first kappa shape index (κ1) is 13.1. The number of ketones is 1. The summed E-state index contributed by atoms with van der Waals surface area (Å²) in [7, 11) is 0.